The van der Waals surface area contributed by atoms with Gasteiger partial charge in [0, 0.05) is 24.5 Å². The van der Waals surface area contributed by atoms with Gasteiger partial charge in [0.25, 0.3) is 5.91 Å². The van der Waals surface area contributed by atoms with Crippen molar-refractivity contribution in [1.29, 1.82) is 0 Å². The minimum Gasteiger partial charge on any atom is -0.484 e. The molecular weight excluding hydrogens is 384 g/mol. The van der Waals surface area contributed by atoms with Crippen LogP contribution in [0.1, 0.15) is 48.9 Å². The molecule has 0 spiro atoms. The Balaban J connectivity index is 1.48. The highest BCUT2D eigenvalue weighted by Crippen LogP contribution is 2.25. The zero-order chi connectivity index (χ0) is 21.5. The van der Waals surface area contributed by atoms with E-state index in [1.54, 1.807) is 0 Å². The molecule has 2 aromatic carbocycles. The second-order valence-corrected chi connectivity index (χ2v) is 8.53. The number of benzene rings is 2. The molecular formula is C27H32N2O2. The molecule has 162 valence electrons. The van der Waals surface area contributed by atoms with Crippen LogP contribution in [0.5, 0.6) is 5.75 Å². The first-order chi connectivity index (χ1) is 15.2. The van der Waals surface area contributed by atoms with Gasteiger partial charge in [-0.15, -0.1) is 0 Å². The second kappa shape index (κ2) is 10.3. The van der Waals surface area contributed by atoms with Gasteiger partial charge in [-0.25, -0.2) is 0 Å². The molecule has 1 aliphatic rings. The summed E-state index contributed by atoms with van der Waals surface area (Å²) in [5.41, 5.74) is 3.71. The van der Waals surface area contributed by atoms with Crippen molar-refractivity contribution in [2.75, 3.05) is 6.61 Å². The Morgan fingerprint density at radius 2 is 1.81 bits per heavy atom. The molecule has 1 aliphatic carbocycles. The van der Waals surface area contributed by atoms with E-state index in [4.69, 9.17) is 4.74 Å². The predicted molar refractivity (Wildman–Crippen MR) is 124 cm³/mol. The van der Waals surface area contributed by atoms with Crippen LogP contribution in [0.25, 0.3) is 0 Å². The summed E-state index contributed by atoms with van der Waals surface area (Å²) in [6.07, 6.45) is 7.92. The lowest BCUT2D eigenvalue weighted by Gasteiger charge is -2.34. The minimum atomic E-state index is 0.0686. The first-order valence-corrected chi connectivity index (χ1v) is 11.4. The largest absolute Gasteiger partial charge is 0.484 e. The van der Waals surface area contributed by atoms with E-state index in [0.717, 1.165) is 25.1 Å². The number of nitrogens with zero attached hydrogens (tertiary/aromatic N) is 2. The smallest absolute Gasteiger partial charge is 0.261 e. The van der Waals surface area contributed by atoms with Crippen LogP contribution in [-0.4, -0.2) is 28.0 Å². The van der Waals surface area contributed by atoms with Crippen LogP contribution in [0.4, 0.5) is 0 Å². The lowest BCUT2D eigenvalue weighted by atomic mass is 9.94. The molecule has 1 aromatic heterocycles. The Labute approximate surface area is 185 Å². The fraction of sp³-hybridized carbons (Fsp3) is 0.370. The van der Waals surface area contributed by atoms with Crippen molar-refractivity contribution in [2.45, 2.75) is 58.2 Å². The average molecular weight is 417 g/mol. The van der Waals surface area contributed by atoms with Crippen LogP contribution in [0, 0.1) is 6.92 Å². The Hall–Kier alpha value is -3.01. The first kappa shape index (κ1) is 21.2. The third-order valence-electron chi connectivity index (χ3n) is 6.13. The molecule has 4 rings (SSSR count). The van der Waals surface area contributed by atoms with Crippen molar-refractivity contribution >= 4 is 5.91 Å². The summed E-state index contributed by atoms with van der Waals surface area (Å²) in [5, 5.41) is 0. The van der Waals surface area contributed by atoms with E-state index < -0.39 is 0 Å². The zero-order valence-electron chi connectivity index (χ0n) is 18.4. The SMILES string of the molecule is Cc1cccc(Cn2cccc2CN(C(=O)COc2ccccc2)C2CCCCC2)c1. The molecule has 0 saturated heterocycles. The molecule has 4 nitrogen and oxygen atoms in total. The van der Waals surface area contributed by atoms with Gasteiger partial charge in [0.2, 0.25) is 0 Å². The number of amides is 1. The van der Waals surface area contributed by atoms with Crippen molar-refractivity contribution in [2.24, 2.45) is 0 Å². The van der Waals surface area contributed by atoms with Gasteiger partial charge in [-0.05, 0) is 49.6 Å². The lowest BCUT2D eigenvalue weighted by Crippen LogP contribution is -2.43. The quantitative estimate of drug-likeness (QED) is 0.480. The summed E-state index contributed by atoms with van der Waals surface area (Å²) in [4.78, 5) is 15.3. The molecule has 1 heterocycles. The summed E-state index contributed by atoms with van der Waals surface area (Å²) in [6.45, 7) is 3.65. The van der Waals surface area contributed by atoms with Crippen LogP contribution in [-0.2, 0) is 17.9 Å². The highest BCUT2D eigenvalue weighted by atomic mass is 16.5. The third-order valence-corrected chi connectivity index (χ3v) is 6.13. The van der Waals surface area contributed by atoms with Crippen molar-refractivity contribution in [1.82, 2.24) is 9.47 Å². The number of ether oxygens (including phenoxy) is 1. The highest BCUT2D eigenvalue weighted by Gasteiger charge is 2.26. The normalized spacial score (nSPS) is 14.4. The van der Waals surface area contributed by atoms with E-state index in [9.17, 15) is 4.79 Å². The maximum Gasteiger partial charge on any atom is 0.261 e. The number of hydrogen-bond acceptors (Lipinski definition) is 2. The summed E-state index contributed by atoms with van der Waals surface area (Å²) in [6, 6.07) is 22.7. The molecule has 0 unspecified atom stereocenters. The van der Waals surface area contributed by atoms with Crippen molar-refractivity contribution in [3.8, 4) is 5.75 Å². The van der Waals surface area contributed by atoms with E-state index >= 15 is 0 Å². The Morgan fingerprint density at radius 1 is 1.00 bits per heavy atom. The Bertz CT molecular complexity index is 974. The first-order valence-electron chi connectivity index (χ1n) is 11.4. The fourth-order valence-corrected chi connectivity index (χ4v) is 4.49. The molecule has 0 N–H and O–H groups in total. The lowest BCUT2D eigenvalue weighted by molar-refractivity contribution is -0.137. The number of carbonyl (C=O) groups is 1. The Morgan fingerprint density at radius 3 is 2.58 bits per heavy atom. The highest BCUT2D eigenvalue weighted by molar-refractivity contribution is 5.78. The van der Waals surface area contributed by atoms with Crippen LogP contribution < -0.4 is 4.74 Å². The molecule has 0 radical (unpaired) electrons. The van der Waals surface area contributed by atoms with Gasteiger partial charge in [-0.1, -0.05) is 67.3 Å². The number of rotatable bonds is 8. The number of aromatic nitrogens is 1. The van der Waals surface area contributed by atoms with Crippen molar-refractivity contribution < 1.29 is 9.53 Å². The van der Waals surface area contributed by atoms with Gasteiger partial charge >= 0.3 is 0 Å². The van der Waals surface area contributed by atoms with Gasteiger partial charge < -0.3 is 14.2 Å². The standard InChI is InChI=1S/C27H32N2O2/c1-22-10-8-11-23(18-22)19-28-17-9-14-25(28)20-29(24-12-4-2-5-13-24)27(30)21-31-26-15-6-3-7-16-26/h3,6-11,14-18,24H,2,4-5,12-13,19-21H2,1H3. The zero-order valence-corrected chi connectivity index (χ0v) is 18.4. The number of carbonyl (C=O) groups excluding carboxylic acids is 1. The summed E-state index contributed by atoms with van der Waals surface area (Å²) in [5.74, 6) is 0.807. The molecule has 0 bridgehead atoms. The summed E-state index contributed by atoms with van der Waals surface area (Å²) in [7, 11) is 0. The van der Waals surface area contributed by atoms with E-state index in [1.807, 2.05) is 30.3 Å². The van der Waals surface area contributed by atoms with Crippen LogP contribution in [0.15, 0.2) is 72.9 Å². The van der Waals surface area contributed by atoms with Gasteiger partial charge in [0.1, 0.15) is 5.75 Å². The molecule has 1 saturated carbocycles. The van der Waals surface area contributed by atoms with Crippen molar-refractivity contribution in [3.63, 3.8) is 0 Å². The van der Waals surface area contributed by atoms with Gasteiger partial charge in [-0.3, -0.25) is 4.79 Å². The van der Waals surface area contributed by atoms with Gasteiger partial charge in [-0.2, -0.15) is 0 Å². The van der Waals surface area contributed by atoms with Crippen LogP contribution in [0.3, 0.4) is 0 Å². The predicted octanol–water partition coefficient (Wildman–Crippen LogP) is 5.59. The molecule has 0 aliphatic heterocycles. The van der Waals surface area contributed by atoms with Gasteiger partial charge in [0.15, 0.2) is 6.61 Å². The minimum absolute atomic E-state index is 0.0686. The third kappa shape index (κ3) is 5.78. The maximum absolute atomic E-state index is 13.2. The van der Waals surface area contributed by atoms with E-state index in [-0.39, 0.29) is 12.5 Å². The Kier molecular flexibility index (Phi) is 7.08. The fourth-order valence-electron chi connectivity index (χ4n) is 4.49. The summed E-state index contributed by atoms with van der Waals surface area (Å²) < 4.78 is 8.06. The topological polar surface area (TPSA) is 34.5 Å². The van der Waals surface area contributed by atoms with E-state index in [0.29, 0.717) is 12.6 Å². The molecule has 1 amide bonds. The summed E-state index contributed by atoms with van der Waals surface area (Å²) >= 11 is 0. The number of para-hydroxylation sites is 1. The van der Waals surface area contributed by atoms with E-state index in [2.05, 4.69) is 59.0 Å². The number of aryl methyl sites for hydroxylation is 1. The second-order valence-electron chi connectivity index (χ2n) is 8.53. The molecule has 1 fully saturated rings. The van der Waals surface area contributed by atoms with E-state index in [1.165, 1.54) is 36.1 Å². The van der Waals surface area contributed by atoms with Crippen molar-refractivity contribution in [3.05, 3.63) is 89.7 Å². The average Bonchev–Trinajstić information content (AvgIpc) is 3.23. The van der Waals surface area contributed by atoms with Crippen LogP contribution >= 0.6 is 0 Å². The molecule has 3 aromatic rings. The molecule has 0 atom stereocenters. The monoisotopic (exact) mass is 416 g/mol. The van der Waals surface area contributed by atoms with Gasteiger partial charge in [0.05, 0.1) is 6.54 Å². The molecule has 4 heteroatoms. The maximum atomic E-state index is 13.2. The molecule has 31 heavy (non-hydrogen) atoms. The van der Waals surface area contributed by atoms with Crippen LogP contribution in [0.2, 0.25) is 0 Å². The number of hydrogen-bond donors (Lipinski definition) is 0.